The number of thiophene rings is 1. The molecule has 1 heterocycles. The molecule has 2 aromatic rings. The number of benzene rings is 1. The predicted octanol–water partition coefficient (Wildman–Crippen LogP) is 4.04. The monoisotopic (exact) mass is 408 g/mol. The zero-order valence-electron chi connectivity index (χ0n) is 15.2. The number of methoxy groups -OCH3 is 2. The highest BCUT2D eigenvalue weighted by Crippen LogP contribution is 2.39. The van der Waals surface area contributed by atoms with Crippen LogP contribution in [0.3, 0.4) is 0 Å². The summed E-state index contributed by atoms with van der Waals surface area (Å²) >= 11 is 7.61. The van der Waals surface area contributed by atoms with Crippen molar-refractivity contribution in [1.29, 1.82) is 0 Å². The maximum Gasteiger partial charge on any atom is 0.256 e. The Morgan fingerprint density at radius 1 is 1.15 bits per heavy atom. The summed E-state index contributed by atoms with van der Waals surface area (Å²) in [5, 5.41) is 3.58. The molecule has 0 radical (unpaired) electrons. The van der Waals surface area contributed by atoms with Crippen LogP contribution >= 0.6 is 22.9 Å². The number of hydrogen-bond donors (Lipinski definition) is 2. The molecule has 6 nitrogen and oxygen atoms in total. The summed E-state index contributed by atoms with van der Waals surface area (Å²) in [5.41, 5.74) is 7.32. The van der Waals surface area contributed by atoms with Gasteiger partial charge in [-0.05, 0) is 43.4 Å². The lowest BCUT2D eigenvalue weighted by atomic mass is 10.1. The maximum absolute atomic E-state index is 12.8. The lowest BCUT2D eigenvalue weighted by Crippen LogP contribution is -2.18. The van der Waals surface area contributed by atoms with Gasteiger partial charge in [0.25, 0.3) is 11.8 Å². The minimum Gasteiger partial charge on any atom is -0.493 e. The van der Waals surface area contributed by atoms with Gasteiger partial charge >= 0.3 is 0 Å². The molecular weight excluding hydrogens is 388 g/mol. The first-order valence-electron chi connectivity index (χ1n) is 8.63. The van der Waals surface area contributed by atoms with Crippen LogP contribution in [0.5, 0.6) is 11.5 Å². The number of carbonyl (C=O) groups is 2. The van der Waals surface area contributed by atoms with Gasteiger partial charge in [-0.25, -0.2) is 0 Å². The molecule has 1 aliphatic carbocycles. The van der Waals surface area contributed by atoms with Crippen LogP contribution in [0, 0.1) is 0 Å². The van der Waals surface area contributed by atoms with Crippen LogP contribution in [0.15, 0.2) is 12.1 Å². The summed E-state index contributed by atoms with van der Waals surface area (Å²) in [4.78, 5) is 25.9. The second kappa shape index (κ2) is 8.19. The molecule has 0 bridgehead atoms. The zero-order chi connectivity index (χ0) is 19.6. The summed E-state index contributed by atoms with van der Waals surface area (Å²) in [7, 11) is 2.94. The Hall–Kier alpha value is -2.25. The Kier molecular flexibility index (Phi) is 5.92. The third-order valence-corrected chi connectivity index (χ3v) is 6.08. The van der Waals surface area contributed by atoms with E-state index in [0.717, 1.165) is 42.5 Å². The lowest BCUT2D eigenvalue weighted by molar-refractivity contribution is 0.100. The van der Waals surface area contributed by atoms with Crippen LogP contribution in [0.25, 0.3) is 0 Å². The fourth-order valence-corrected chi connectivity index (χ4v) is 4.89. The lowest BCUT2D eigenvalue weighted by Gasteiger charge is -2.12. The third-order valence-electron chi connectivity index (χ3n) is 4.59. The fraction of sp³-hybridized carbons (Fsp3) is 0.368. The highest BCUT2D eigenvalue weighted by atomic mass is 35.5. The van der Waals surface area contributed by atoms with Gasteiger partial charge in [-0.3, -0.25) is 9.59 Å². The molecule has 0 saturated carbocycles. The van der Waals surface area contributed by atoms with Gasteiger partial charge < -0.3 is 20.5 Å². The van der Waals surface area contributed by atoms with Crippen molar-refractivity contribution in [3.63, 3.8) is 0 Å². The molecule has 0 aliphatic heterocycles. The van der Waals surface area contributed by atoms with Crippen molar-refractivity contribution < 1.29 is 19.1 Å². The number of rotatable bonds is 5. The minimum atomic E-state index is -0.518. The van der Waals surface area contributed by atoms with E-state index in [-0.39, 0.29) is 5.02 Å². The van der Waals surface area contributed by atoms with Crippen molar-refractivity contribution in [2.45, 2.75) is 32.1 Å². The highest BCUT2D eigenvalue weighted by molar-refractivity contribution is 7.17. The Labute approximate surface area is 166 Å². The maximum atomic E-state index is 12.8. The largest absolute Gasteiger partial charge is 0.493 e. The second-order valence-electron chi connectivity index (χ2n) is 6.28. The molecule has 2 amide bonds. The van der Waals surface area contributed by atoms with E-state index < -0.39 is 11.8 Å². The molecule has 0 fully saturated rings. The molecule has 1 aromatic heterocycles. The van der Waals surface area contributed by atoms with E-state index in [1.54, 1.807) is 6.07 Å². The first-order chi connectivity index (χ1) is 13.0. The van der Waals surface area contributed by atoms with Crippen molar-refractivity contribution in [1.82, 2.24) is 0 Å². The summed E-state index contributed by atoms with van der Waals surface area (Å²) < 4.78 is 10.4. The van der Waals surface area contributed by atoms with E-state index in [0.29, 0.717) is 27.6 Å². The minimum absolute atomic E-state index is 0.263. The van der Waals surface area contributed by atoms with E-state index in [4.69, 9.17) is 26.8 Å². The topological polar surface area (TPSA) is 90.6 Å². The average molecular weight is 409 g/mol. The Bertz CT molecular complexity index is 894. The van der Waals surface area contributed by atoms with Gasteiger partial charge in [-0.15, -0.1) is 11.3 Å². The number of amides is 2. The Balaban J connectivity index is 1.95. The summed E-state index contributed by atoms with van der Waals surface area (Å²) in [5.74, 6) is -0.199. The first-order valence-corrected chi connectivity index (χ1v) is 9.83. The van der Waals surface area contributed by atoms with Crippen molar-refractivity contribution >= 4 is 39.8 Å². The molecule has 0 unspecified atom stereocenters. The third kappa shape index (κ3) is 3.89. The predicted molar refractivity (Wildman–Crippen MR) is 107 cm³/mol. The standard InChI is InChI=1S/C19H21ClN2O4S/c1-25-13-9-10(8-12(20)16(13)26-2)18(24)22-19-15(17(21)23)11-6-4-3-5-7-14(11)27-19/h8-9H,3-7H2,1-2H3,(H2,21,23)(H,22,24). The van der Waals surface area contributed by atoms with Gasteiger partial charge in [0.2, 0.25) is 0 Å². The molecular formula is C19H21ClN2O4S. The highest BCUT2D eigenvalue weighted by Gasteiger charge is 2.25. The number of anilines is 1. The molecule has 0 atom stereocenters. The summed E-state index contributed by atoms with van der Waals surface area (Å²) in [6.45, 7) is 0. The Morgan fingerprint density at radius 2 is 1.89 bits per heavy atom. The van der Waals surface area contributed by atoms with Gasteiger partial charge in [0.1, 0.15) is 5.00 Å². The van der Waals surface area contributed by atoms with Crippen LogP contribution in [0.1, 0.15) is 50.4 Å². The number of ether oxygens (including phenoxy) is 2. The van der Waals surface area contributed by atoms with Crippen molar-refractivity contribution in [3.8, 4) is 11.5 Å². The van der Waals surface area contributed by atoms with Crippen LogP contribution in [-0.4, -0.2) is 26.0 Å². The SMILES string of the molecule is COc1cc(C(=O)Nc2sc3c(c2C(N)=O)CCCCC3)cc(Cl)c1OC. The van der Waals surface area contributed by atoms with Crippen LogP contribution in [-0.2, 0) is 12.8 Å². The van der Waals surface area contributed by atoms with Gasteiger partial charge in [-0.1, -0.05) is 18.0 Å². The number of aryl methyl sites for hydroxylation is 1. The molecule has 27 heavy (non-hydrogen) atoms. The number of nitrogens with two attached hydrogens (primary N) is 1. The van der Waals surface area contributed by atoms with E-state index in [9.17, 15) is 9.59 Å². The van der Waals surface area contributed by atoms with Crippen molar-refractivity contribution in [3.05, 3.63) is 38.7 Å². The number of primary amides is 1. The fourth-order valence-electron chi connectivity index (χ4n) is 3.32. The number of fused-ring (bicyclic) bond motifs is 1. The molecule has 3 N–H and O–H groups in total. The molecule has 0 spiro atoms. The van der Waals surface area contributed by atoms with Crippen molar-refractivity contribution in [2.75, 3.05) is 19.5 Å². The zero-order valence-corrected chi connectivity index (χ0v) is 16.8. The molecule has 1 aromatic carbocycles. The van der Waals surface area contributed by atoms with E-state index >= 15 is 0 Å². The van der Waals surface area contributed by atoms with Crippen molar-refractivity contribution in [2.24, 2.45) is 5.73 Å². The summed E-state index contributed by atoms with van der Waals surface area (Å²) in [6.07, 6.45) is 4.93. The molecule has 0 saturated heterocycles. The second-order valence-corrected chi connectivity index (χ2v) is 7.79. The van der Waals surface area contributed by atoms with E-state index in [2.05, 4.69) is 5.32 Å². The van der Waals surface area contributed by atoms with E-state index in [1.165, 1.54) is 31.6 Å². The van der Waals surface area contributed by atoms with Gasteiger partial charge in [0.05, 0.1) is 24.8 Å². The molecule has 3 rings (SSSR count). The number of nitrogens with one attached hydrogen (secondary N) is 1. The van der Waals surface area contributed by atoms with Gasteiger partial charge in [-0.2, -0.15) is 0 Å². The van der Waals surface area contributed by atoms with Crippen LogP contribution < -0.4 is 20.5 Å². The average Bonchev–Trinajstić information content (AvgIpc) is 2.81. The molecule has 144 valence electrons. The first kappa shape index (κ1) is 19.5. The van der Waals surface area contributed by atoms with Gasteiger partial charge in [0.15, 0.2) is 11.5 Å². The smallest absolute Gasteiger partial charge is 0.256 e. The normalized spacial score (nSPS) is 13.4. The number of hydrogen-bond acceptors (Lipinski definition) is 5. The molecule has 1 aliphatic rings. The quantitative estimate of drug-likeness (QED) is 0.730. The van der Waals surface area contributed by atoms with Gasteiger partial charge in [0, 0.05) is 10.4 Å². The number of carbonyl (C=O) groups excluding carboxylic acids is 2. The Morgan fingerprint density at radius 3 is 2.56 bits per heavy atom. The number of halogens is 1. The van der Waals surface area contributed by atoms with Crippen LogP contribution in [0.2, 0.25) is 5.02 Å². The summed E-state index contributed by atoms with van der Waals surface area (Å²) in [6, 6.07) is 3.04. The van der Waals surface area contributed by atoms with Crippen LogP contribution in [0.4, 0.5) is 5.00 Å². The molecule has 8 heteroatoms. The van der Waals surface area contributed by atoms with E-state index in [1.807, 2.05) is 0 Å².